The van der Waals surface area contributed by atoms with E-state index in [1.165, 1.54) is 36.5 Å². The summed E-state index contributed by atoms with van der Waals surface area (Å²) < 4.78 is 68.7. The lowest BCUT2D eigenvalue weighted by Crippen LogP contribution is -2.18. The third-order valence-corrected chi connectivity index (χ3v) is 4.33. The Labute approximate surface area is 166 Å². The molecule has 1 heterocycles. The fourth-order valence-corrected chi connectivity index (χ4v) is 2.98. The van der Waals surface area contributed by atoms with Gasteiger partial charge in [0.1, 0.15) is 5.82 Å². The number of carbonyl (C=O) groups excluding carboxylic acids is 1. The van der Waals surface area contributed by atoms with Crippen LogP contribution < -0.4 is 10.3 Å². The lowest BCUT2D eigenvalue weighted by Gasteiger charge is -2.19. The van der Waals surface area contributed by atoms with Gasteiger partial charge in [-0.15, -0.1) is 13.2 Å². The van der Waals surface area contributed by atoms with Gasteiger partial charge in [-0.1, -0.05) is 18.2 Å². The zero-order valence-electron chi connectivity index (χ0n) is 15.2. The Morgan fingerprint density at radius 1 is 1.00 bits per heavy atom. The van der Waals surface area contributed by atoms with Crippen molar-refractivity contribution in [2.24, 2.45) is 0 Å². The Hall–Kier alpha value is -3.49. The third kappa shape index (κ3) is 5.31. The van der Waals surface area contributed by atoms with Gasteiger partial charge in [0.05, 0.1) is 0 Å². The van der Waals surface area contributed by atoms with E-state index < -0.39 is 41.0 Å². The molecule has 156 valence electrons. The Bertz CT molecular complexity index is 1100. The van der Waals surface area contributed by atoms with E-state index in [4.69, 9.17) is 0 Å². The summed E-state index contributed by atoms with van der Waals surface area (Å²) in [6.07, 6.45) is -4.09. The van der Waals surface area contributed by atoms with Crippen LogP contribution in [0.1, 0.15) is 33.8 Å². The van der Waals surface area contributed by atoms with Crippen molar-refractivity contribution in [3.63, 3.8) is 0 Å². The van der Waals surface area contributed by atoms with E-state index in [-0.39, 0.29) is 17.5 Å². The first-order chi connectivity index (χ1) is 14.1. The molecule has 0 saturated carbocycles. The Kier molecular flexibility index (Phi) is 6.00. The first-order valence-corrected chi connectivity index (χ1v) is 8.65. The largest absolute Gasteiger partial charge is 0.573 e. The summed E-state index contributed by atoms with van der Waals surface area (Å²) in [5.74, 6) is -4.17. The number of benzene rings is 2. The summed E-state index contributed by atoms with van der Waals surface area (Å²) in [4.78, 5) is 26.2. The maximum Gasteiger partial charge on any atom is 0.573 e. The number of aromatic nitrogens is 1. The molecule has 0 fully saturated rings. The maximum absolute atomic E-state index is 14.2. The van der Waals surface area contributed by atoms with Crippen LogP contribution in [0.2, 0.25) is 0 Å². The molecular formula is C21H14F5NO3. The van der Waals surface area contributed by atoms with E-state index in [2.05, 4.69) is 9.72 Å². The molecule has 3 aromatic rings. The van der Waals surface area contributed by atoms with Crippen LogP contribution in [-0.4, -0.2) is 17.1 Å². The molecule has 0 aliphatic rings. The summed E-state index contributed by atoms with van der Waals surface area (Å²) in [6.45, 7) is 0. The molecular weight excluding hydrogens is 409 g/mol. The van der Waals surface area contributed by atoms with E-state index in [0.29, 0.717) is 5.56 Å². The van der Waals surface area contributed by atoms with Crippen LogP contribution in [0.5, 0.6) is 5.75 Å². The van der Waals surface area contributed by atoms with Crippen molar-refractivity contribution in [2.45, 2.75) is 18.7 Å². The average molecular weight is 423 g/mol. The molecule has 0 spiro atoms. The number of ether oxygens (including phenoxy) is 1. The van der Waals surface area contributed by atoms with Crippen molar-refractivity contribution in [1.82, 2.24) is 4.98 Å². The number of Topliss-reactive ketones (excluding diaryl/α,β-unsaturated/α-hetero) is 1. The molecule has 4 nitrogen and oxygen atoms in total. The predicted octanol–water partition coefficient (Wildman–Crippen LogP) is 4.96. The second kappa shape index (κ2) is 8.48. The molecule has 1 N–H and O–H groups in total. The number of hydrogen-bond acceptors (Lipinski definition) is 3. The number of nitrogens with one attached hydrogen (secondary N) is 1. The standard InChI is InChI=1S/C21H14F5NO3/c22-15-3-1-2-12(8-15)16(10-18(28)14-5-7-20(29)27-11-14)13-4-6-19(17(23)9-13)30-21(24,25)26/h1-9,11,16H,10H2,(H,27,29). The first-order valence-electron chi connectivity index (χ1n) is 8.65. The van der Waals surface area contributed by atoms with E-state index in [0.717, 1.165) is 24.3 Å². The monoisotopic (exact) mass is 423 g/mol. The lowest BCUT2D eigenvalue weighted by molar-refractivity contribution is -0.275. The predicted molar refractivity (Wildman–Crippen MR) is 97.3 cm³/mol. The summed E-state index contributed by atoms with van der Waals surface area (Å²) in [6, 6.07) is 10.5. The van der Waals surface area contributed by atoms with Crippen LogP contribution in [0, 0.1) is 11.6 Å². The van der Waals surface area contributed by atoms with Gasteiger partial charge in [0, 0.05) is 30.2 Å². The van der Waals surface area contributed by atoms with Gasteiger partial charge in [0.25, 0.3) is 0 Å². The number of alkyl halides is 3. The molecule has 0 aliphatic heterocycles. The molecule has 2 aromatic carbocycles. The highest BCUT2D eigenvalue weighted by Gasteiger charge is 2.32. The molecule has 0 bridgehead atoms. The lowest BCUT2D eigenvalue weighted by atomic mass is 9.86. The number of rotatable bonds is 6. The van der Waals surface area contributed by atoms with Crippen molar-refractivity contribution >= 4 is 5.78 Å². The van der Waals surface area contributed by atoms with E-state index in [1.807, 2.05) is 0 Å². The summed E-state index contributed by atoms with van der Waals surface area (Å²) in [5, 5.41) is 0. The van der Waals surface area contributed by atoms with E-state index in [9.17, 15) is 31.5 Å². The van der Waals surface area contributed by atoms with Gasteiger partial charge in [-0.2, -0.15) is 0 Å². The maximum atomic E-state index is 14.2. The van der Waals surface area contributed by atoms with Crippen molar-refractivity contribution in [2.75, 3.05) is 0 Å². The number of halogens is 5. The van der Waals surface area contributed by atoms with Gasteiger partial charge < -0.3 is 9.72 Å². The van der Waals surface area contributed by atoms with Gasteiger partial charge in [-0.25, -0.2) is 8.78 Å². The molecule has 0 amide bonds. The van der Waals surface area contributed by atoms with Gasteiger partial charge in [-0.3, -0.25) is 9.59 Å². The minimum atomic E-state index is -5.06. The zero-order chi connectivity index (χ0) is 21.9. The minimum Gasteiger partial charge on any atom is -0.403 e. The molecule has 1 aromatic heterocycles. The van der Waals surface area contributed by atoms with Crippen LogP contribution in [0.4, 0.5) is 22.0 Å². The molecule has 1 unspecified atom stereocenters. The first kappa shape index (κ1) is 21.2. The summed E-state index contributed by atoms with van der Waals surface area (Å²) in [7, 11) is 0. The smallest absolute Gasteiger partial charge is 0.403 e. The van der Waals surface area contributed by atoms with Gasteiger partial charge in [0.15, 0.2) is 17.3 Å². The van der Waals surface area contributed by atoms with Crippen LogP contribution in [-0.2, 0) is 0 Å². The van der Waals surface area contributed by atoms with Gasteiger partial charge in [0.2, 0.25) is 5.56 Å². The van der Waals surface area contributed by atoms with Crippen molar-refractivity contribution in [1.29, 1.82) is 0 Å². The highest BCUT2D eigenvalue weighted by Crippen LogP contribution is 2.33. The van der Waals surface area contributed by atoms with E-state index >= 15 is 0 Å². The highest BCUT2D eigenvalue weighted by molar-refractivity contribution is 5.96. The molecule has 9 heteroatoms. The van der Waals surface area contributed by atoms with Crippen LogP contribution in [0.15, 0.2) is 65.6 Å². The highest BCUT2D eigenvalue weighted by atomic mass is 19.4. The van der Waals surface area contributed by atoms with Gasteiger partial charge in [-0.05, 0) is 41.5 Å². The molecule has 3 rings (SSSR count). The Balaban J connectivity index is 1.97. The second-order valence-corrected chi connectivity index (χ2v) is 6.41. The van der Waals surface area contributed by atoms with Crippen LogP contribution in [0.3, 0.4) is 0 Å². The quantitative estimate of drug-likeness (QED) is 0.451. The summed E-state index contributed by atoms with van der Waals surface area (Å²) >= 11 is 0. The normalized spacial score (nSPS) is 12.4. The average Bonchev–Trinajstić information content (AvgIpc) is 2.67. The third-order valence-electron chi connectivity index (χ3n) is 4.33. The molecule has 0 radical (unpaired) electrons. The zero-order valence-corrected chi connectivity index (χ0v) is 15.2. The summed E-state index contributed by atoms with van der Waals surface area (Å²) in [5.41, 5.74) is 0.256. The fraction of sp³-hybridized carbons (Fsp3) is 0.143. The topological polar surface area (TPSA) is 59.2 Å². The molecule has 30 heavy (non-hydrogen) atoms. The molecule has 1 atom stereocenters. The van der Waals surface area contributed by atoms with Crippen LogP contribution >= 0.6 is 0 Å². The molecule has 0 aliphatic carbocycles. The van der Waals surface area contributed by atoms with Crippen molar-refractivity contribution in [3.8, 4) is 5.75 Å². The SMILES string of the molecule is O=C(CC(c1cccc(F)c1)c1ccc(OC(F)(F)F)c(F)c1)c1ccc(=O)[nH]c1. The second-order valence-electron chi connectivity index (χ2n) is 6.41. The number of pyridine rings is 1. The number of carbonyl (C=O) groups is 1. The number of H-pyrrole nitrogens is 1. The number of hydrogen-bond donors (Lipinski definition) is 1. The van der Waals surface area contributed by atoms with Crippen molar-refractivity contribution in [3.05, 3.63) is 99.5 Å². The van der Waals surface area contributed by atoms with Gasteiger partial charge >= 0.3 is 6.36 Å². The number of ketones is 1. The fourth-order valence-electron chi connectivity index (χ4n) is 2.98. The minimum absolute atomic E-state index is 0.158. The number of aromatic amines is 1. The van der Waals surface area contributed by atoms with E-state index in [1.54, 1.807) is 0 Å². The van der Waals surface area contributed by atoms with Crippen molar-refractivity contribution < 1.29 is 31.5 Å². The van der Waals surface area contributed by atoms with Crippen LogP contribution in [0.25, 0.3) is 0 Å². The Morgan fingerprint density at radius 3 is 2.33 bits per heavy atom. The molecule has 0 saturated heterocycles. The Morgan fingerprint density at radius 2 is 1.73 bits per heavy atom.